The van der Waals surface area contributed by atoms with Crippen molar-refractivity contribution in [3.8, 4) is 0 Å². The molecule has 0 spiro atoms. The highest BCUT2D eigenvalue weighted by molar-refractivity contribution is 6.31. The third-order valence-corrected chi connectivity index (χ3v) is 1.89. The average molecular weight is 197 g/mol. The molecule has 0 aliphatic heterocycles. The molecule has 66 valence electrons. The molecule has 13 heavy (non-hydrogen) atoms. The Balaban J connectivity index is 2.84. The van der Waals surface area contributed by atoms with Crippen molar-refractivity contribution < 1.29 is 9.90 Å². The second kappa shape index (κ2) is 2.74. The molecular weight excluding hydrogens is 192 g/mol. The second-order valence-corrected chi connectivity index (χ2v) is 2.97. The summed E-state index contributed by atoms with van der Waals surface area (Å²) in [6.45, 7) is 0. The Kier molecular flexibility index (Phi) is 1.70. The predicted molar refractivity (Wildman–Crippen MR) is 47.2 cm³/mol. The molecule has 0 saturated carbocycles. The molecule has 2 rings (SSSR count). The van der Waals surface area contributed by atoms with Gasteiger partial charge in [0, 0.05) is 18.6 Å². The Morgan fingerprint density at radius 1 is 1.62 bits per heavy atom. The molecule has 0 fully saturated rings. The summed E-state index contributed by atoms with van der Waals surface area (Å²) in [5, 5.41) is 9.19. The normalized spacial score (nSPS) is 10.5. The molecule has 5 heteroatoms. The van der Waals surface area contributed by atoms with Gasteiger partial charge in [0.25, 0.3) is 0 Å². The van der Waals surface area contributed by atoms with Crippen molar-refractivity contribution in [1.29, 1.82) is 0 Å². The van der Waals surface area contributed by atoms with Crippen LogP contribution >= 0.6 is 11.6 Å². The Hall–Kier alpha value is -1.55. The van der Waals surface area contributed by atoms with Gasteiger partial charge in [0.15, 0.2) is 5.65 Å². The number of imidazole rings is 1. The monoisotopic (exact) mass is 196 g/mol. The summed E-state index contributed by atoms with van der Waals surface area (Å²) in [7, 11) is 0. The summed E-state index contributed by atoms with van der Waals surface area (Å²) in [5.41, 5.74) is 0.509. The van der Waals surface area contributed by atoms with Gasteiger partial charge < -0.3 is 9.51 Å². The number of aromatic nitrogens is 2. The topological polar surface area (TPSA) is 54.6 Å². The first-order valence-electron chi connectivity index (χ1n) is 3.54. The van der Waals surface area contributed by atoms with Crippen molar-refractivity contribution in [2.45, 2.75) is 0 Å². The van der Waals surface area contributed by atoms with Crippen LogP contribution in [0, 0.1) is 0 Å². The van der Waals surface area contributed by atoms with Crippen LogP contribution < -0.4 is 0 Å². The molecule has 0 atom stereocenters. The van der Waals surface area contributed by atoms with E-state index in [1.165, 1.54) is 12.3 Å². The summed E-state index contributed by atoms with van der Waals surface area (Å²) in [6.07, 6.45) is 4.78. The molecule has 1 N–H and O–H groups in total. The van der Waals surface area contributed by atoms with Crippen LogP contribution in [0.2, 0.25) is 5.02 Å². The van der Waals surface area contributed by atoms with E-state index < -0.39 is 5.97 Å². The Morgan fingerprint density at radius 2 is 2.38 bits per heavy atom. The summed E-state index contributed by atoms with van der Waals surface area (Å²) in [6, 6.07) is 1.38. The molecular formula is C8H5ClN2O2. The molecule has 2 aromatic heterocycles. The molecule has 0 saturated heterocycles. The van der Waals surface area contributed by atoms with E-state index in [9.17, 15) is 4.79 Å². The van der Waals surface area contributed by atoms with Gasteiger partial charge in [0.05, 0.1) is 5.02 Å². The van der Waals surface area contributed by atoms with E-state index in [0.29, 0.717) is 10.7 Å². The Morgan fingerprint density at radius 3 is 3.08 bits per heavy atom. The lowest BCUT2D eigenvalue weighted by Crippen LogP contribution is -2.00. The van der Waals surface area contributed by atoms with Crippen LogP contribution in [0.15, 0.2) is 24.7 Å². The minimum Gasteiger partial charge on any atom is -0.478 e. The Bertz CT molecular complexity index is 478. The van der Waals surface area contributed by atoms with Crippen LogP contribution in [0.4, 0.5) is 0 Å². The molecule has 0 aliphatic carbocycles. The molecule has 0 aromatic carbocycles. The highest BCUT2D eigenvalue weighted by atomic mass is 35.5. The van der Waals surface area contributed by atoms with Gasteiger partial charge in [-0.1, -0.05) is 11.6 Å². The van der Waals surface area contributed by atoms with E-state index in [1.54, 1.807) is 16.8 Å². The van der Waals surface area contributed by atoms with Crippen molar-refractivity contribution in [2.24, 2.45) is 0 Å². The number of fused-ring (bicyclic) bond motifs is 1. The summed E-state index contributed by atoms with van der Waals surface area (Å²) >= 11 is 5.71. The number of aromatic carboxylic acids is 1. The van der Waals surface area contributed by atoms with Gasteiger partial charge in [-0.2, -0.15) is 0 Å². The molecule has 2 heterocycles. The lowest BCUT2D eigenvalue weighted by atomic mass is 10.3. The molecule has 0 unspecified atom stereocenters. The van der Waals surface area contributed by atoms with Gasteiger partial charge >= 0.3 is 5.97 Å². The van der Waals surface area contributed by atoms with E-state index in [4.69, 9.17) is 16.7 Å². The van der Waals surface area contributed by atoms with Crippen molar-refractivity contribution in [1.82, 2.24) is 9.38 Å². The average Bonchev–Trinajstić information content (AvgIpc) is 2.49. The number of nitrogens with zero attached hydrogens (tertiary/aromatic N) is 2. The zero-order chi connectivity index (χ0) is 9.42. The first-order valence-corrected chi connectivity index (χ1v) is 3.92. The summed E-state index contributed by atoms with van der Waals surface area (Å²) in [5.74, 6) is -1.03. The van der Waals surface area contributed by atoms with Crippen molar-refractivity contribution >= 4 is 23.2 Å². The van der Waals surface area contributed by atoms with E-state index in [1.807, 2.05) is 0 Å². The first-order chi connectivity index (χ1) is 6.18. The molecule has 0 bridgehead atoms. The maximum absolute atomic E-state index is 10.8. The second-order valence-electron chi connectivity index (χ2n) is 2.54. The summed E-state index contributed by atoms with van der Waals surface area (Å²) < 4.78 is 1.58. The van der Waals surface area contributed by atoms with Gasteiger partial charge in [0.2, 0.25) is 0 Å². The third-order valence-electron chi connectivity index (χ3n) is 1.68. The largest absolute Gasteiger partial charge is 0.478 e. The molecule has 0 radical (unpaired) electrons. The number of halogens is 1. The fraction of sp³-hybridized carbons (Fsp3) is 0. The highest BCUT2D eigenvalue weighted by Crippen LogP contribution is 2.15. The SMILES string of the molecule is O=C(O)c1cc(Cl)cn2ccnc12. The maximum atomic E-state index is 10.8. The minimum atomic E-state index is -1.03. The van der Waals surface area contributed by atoms with E-state index in [2.05, 4.69) is 4.98 Å². The third kappa shape index (κ3) is 1.25. The van der Waals surface area contributed by atoms with Crippen molar-refractivity contribution in [3.63, 3.8) is 0 Å². The number of hydrogen-bond acceptors (Lipinski definition) is 2. The number of pyridine rings is 1. The summed E-state index contributed by atoms with van der Waals surface area (Å²) in [4.78, 5) is 14.7. The van der Waals surface area contributed by atoms with Crippen molar-refractivity contribution in [2.75, 3.05) is 0 Å². The maximum Gasteiger partial charge on any atom is 0.339 e. The molecule has 4 nitrogen and oxygen atoms in total. The highest BCUT2D eigenvalue weighted by Gasteiger charge is 2.10. The van der Waals surface area contributed by atoms with E-state index in [-0.39, 0.29) is 5.56 Å². The van der Waals surface area contributed by atoms with E-state index in [0.717, 1.165) is 0 Å². The van der Waals surface area contributed by atoms with Crippen molar-refractivity contribution in [3.05, 3.63) is 35.2 Å². The Labute approximate surface area is 78.4 Å². The van der Waals surface area contributed by atoms with Crippen LogP contribution in [0.5, 0.6) is 0 Å². The number of hydrogen-bond donors (Lipinski definition) is 1. The first kappa shape index (κ1) is 8.07. The number of rotatable bonds is 1. The fourth-order valence-corrected chi connectivity index (χ4v) is 1.37. The van der Waals surface area contributed by atoms with Crippen LogP contribution in [-0.2, 0) is 0 Å². The number of carbonyl (C=O) groups is 1. The van der Waals surface area contributed by atoms with Gasteiger partial charge in [-0.15, -0.1) is 0 Å². The zero-order valence-electron chi connectivity index (χ0n) is 6.44. The van der Waals surface area contributed by atoms with Crippen LogP contribution in [0.25, 0.3) is 5.65 Å². The van der Waals surface area contributed by atoms with Crippen LogP contribution in [0.1, 0.15) is 10.4 Å². The van der Waals surface area contributed by atoms with Crippen LogP contribution in [0.3, 0.4) is 0 Å². The molecule has 2 aromatic rings. The lowest BCUT2D eigenvalue weighted by Gasteiger charge is -1.99. The smallest absolute Gasteiger partial charge is 0.339 e. The van der Waals surface area contributed by atoms with Gasteiger partial charge in [-0.25, -0.2) is 9.78 Å². The predicted octanol–water partition coefficient (Wildman–Crippen LogP) is 1.69. The number of carboxylic acids is 1. The zero-order valence-corrected chi connectivity index (χ0v) is 7.19. The van der Waals surface area contributed by atoms with Gasteiger partial charge in [-0.05, 0) is 6.07 Å². The van der Waals surface area contributed by atoms with Gasteiger partial charge in [0.1, 0.15) is 5.56 Å². The molecule has 0 amide bonds. The van der Waals surface area contributed by atoms with E-state index >= 15 is 0 Å². The van der Waals surface area contributed by atoms with Crippen LogP contribution in [-0.4, -0.2) is 20.5 Å². The van der Waals surface area contributed by atoms with Gasteiger partial charge in [-0.3, -0.25) is 0 Å². The fourth-order valence-electron chi connectivity index (χ4n) is 1.16. The lowest BCUT2D eigenvalue weighted by molar-refractivity contribution is 0.0698. The number of carboxylic acid groups (broad SMARTS) is 1. The standard InChI is InChI=1S/C8H5ClN2O2/c9-5-3-6(8(12)13)7-10-1-2-11(7)4-5/h1-4H,(H,12,13). The molecule has 0 aliphatic rings. The quantitative estimate of drug-likeness (QED) is 0.755. The minimum absolute atomic E-state index is 0.109.